The maximum absolute atomic E-state index is 11.2. The van der Waals surface area contributed by atoms with E-state index in [1.165, 1.54) is 18.2 Å². The highest BCUT2D eigenvalue weighted by Gasteiger charge is 2.29. The number of hydrogen-bond acceptors (Lipinski definition) is 11. The number of furan rings is 1. The van der Waals surface area contributed by atoms with Gasteiger partial charge in [-0.2, -0.15) is 0 Å². The molecule has 270 valence electrons. The standard InChI is InChI=1S/C44H28O11/c45-35-32(36(46)40(50)43(53)39(35)49)22-12-14-26-28(18-22)31(24-9-1-2-10-25(24)33(26)34-37(47)41(51)44(54)42(52)38(34)48)21-7-5-6-19(16-21)20-13-15-30-27(17-20)23-8-3-4-11-29(23)55-30/h1-18,45-54H. The highest BCUT2D eigenvalue weighted by molar-refractivity contribution is 6.23. The summed E-state index contributed by atoms with van der Waals surface area (Å²) in [7, 11) is 0. The molecule has 0 radical (unpaired) electrons. The van der Waals surface area contributed by atoms with Crippen LogP contribution >= 0.6 is 0 Å². The lowest BCUT2D eigenvalue weighted by Gasteiger charge is -2.21. The third-order valence-corrected chi connectivity index (χ3v) is 10.2. The van der Waals surface area contributed by atoms with Gasteiger partial charge in [-0.3, -0.25) is 0 Å². The number of para-hydroxylation sites is 1. The lowest BCUT2D eigenvalue weighted by molar-refractivity contribution is 0.330. The second-order valence-corrected chi connectivity index (χ2v) is 13.2. The Bertz CT molecular complexity index is 3050. The first kappa shape index (κ1) is 33.0. The van der Waals surface area contributed by atoms with Crippen molar-refractivity contribution in [1.29, 1.82) is 0 Å². The van der Waals surface area contributed by atoms with Crippen LogP contribution in [0.5, 0.6) is 57.5 Å². The fourth-order valence-electron chi connectivity index (χ4n) is 7.56. The Hall–Kier alpha value is -7.92. The minimum Gasteiger partial charge on any atom is -0.504 e. The third kappa shape index (κ3) is 4.70. The molecule has 0 saturated heterocycles. The van der Waals surface area contributed by atoms with E-state index in [-0.39, 0.29) is 11.1 Å². The fraction of sp³-hybridized carbons (Fsp3) is 0. The van der Waals surface area contributed by atoms with Gasteiger partial charge in [0.25, 0.3) is 0 Å². The molecule has 0 saturated carbocycles. The summed E-state index contributed by atoms with van der Waals surface area (Å²) in [5.41, 5.74) is 3.93. The Morgan fingerprint density at radius 3 is 1.35 bits per heavy atom. The number of phenolic OH excluding ortho intramolecular Hbond substituents is 10. The van der Waals surface area contributed by atoms with E-state index >= 15 is 0 Å². The SMILES string of the molecule is Oc1c(O)c(O)c(-c2ccc3c(-c4c(O)c(O)c(O)c(O)c4O)c4ccccc4c(-c4cccc(-c5ccc6oc7ccccc7c6c5)c4)c3c2)c(O)c1O. The largest absolute Gasteiger partial charge is 0.504 e. The van der Waals surface area contributed by atoms with Crippen molar-refractivity contribution in [1.82, 2.24) is 0 Å². The Kier molecular flexibility index (Phi) is 7.07. The Morgan fingerprint density at radius 2 is 0.691 bits per heavy atom. The predicted molar refractivity (Wildman–Crippen MR) is 207 cm³/mol. The van der Waals surface area contributed by atoms with Crippen molar-refractivity contribution in [2.24, 2.45) is 0 Å². The summed E-state index contributed by atoms with van der Waals surface area (Å²) in [6, 6.07) is 32.8. The number of fused-ring (bicyclic) bond motifs is 5. The van der Waals surface area contributed by atoms with Crippen LogP contribution in [0.25, 0.3) is 88.0 Å². The zero-order chi connectivity index (χ0) is 38.4. The first-order valence-corrected chi connectivity index (χ1v) is 16.8. The zero-order valence-electron chi connectivity index (χ0n) is 28.3. The van der Waals surface area contributed by atoms with E-state index in [1.54, 1.807) is 24.3 Å². The molecular formula is C44H28O11. The lowest BCUT2D eigenvalue weighted by Crippen LogP contribution is -1.94. The number of phenols is 10. The molecule has 0 aliphatic carbocycles. The zero-order valence-corrected chi connectivity index (χ0v) is 28.3. The van der Waals surface area contributed by atoms with Crippen LogP contribution in [0.3, 0.4) is 0 Å². The first-order valence-electron chi connectivity index (χ1n) is 16.8. The molecule has 8 aromatic carbocycles. The summed E-state index contributed by atoms with van der Waals surface area (Å²) in [6.07, 6.45) is 0. The Balaban J connectivity index is 1.39. The van der Waals surface area contributed by atoms with Crippen molar-refractivity contribution >= 4 is 43.5 Å². The van der Waals surface area contributed by atoms with Crippen LogP contribution in [-0.2, 0) is 0 Å². The summed E-state index contributed by atoms with van der Waals surface area (Å²) in [5, 5.41) is 110. The minimum absolute atomic E-state index is 0.0777. The van der Waals surface area contributed by atoms with Gasteiger partial charge >= 0.3 is 0 Å². The summed E-state index contributed by atoms with van der Waals surface area (Å²) in [6.45, 7) is 0. The smallest absolute Gasteiger partial charge is 0.208 e. The van der Waals surface area contributed by atoms with Gasteiger partial charge in [0.15, 0.2) is 23.0 Å². The molecule has 0 aliphatic rings. The average Bonchev–Trinajstić information content (AvgIpc) is 3.58. The van der Waals surface area contributed by atoms with Gasteiger partial charge in [0.2, 0.25) is 34.5 Å². The van der Waals surface area contributed by atoms with Crippen molar-refractivity contribution in [2.45, 2.75) is 0 Å². The van der Waals surface area contributed by atoms with Gasteiger partial charge in [0.05, 0.1) is 11.1 Å². The van der Waals surface area contributed by atoms with Gasteiger partial charge in [0.1, 0.15) is 11.2 Å². The molecule has 0 amide bonds. The maximum atomic E-state index is 11.2. The van der Waals surface area contributed by atoms with Crippen LogP contribution in [-0.4, -0.2) is 51.1 Å². The molecule has 0 fully saturated rings. The second-order valence-electron chi connectivity index (χ2n) is 13.2. The average molecular weight is 733 g/mol. The highest BCUT2D eigenvalue weighted by atomic mass is 16.4. The lowest BCUT2D eigenvalue weighted by atomic mass is 9.83. The second kappa shape index (κ2) is 11.8. The molecule has 1 aromatic heterocycles. The van der Waals surface area contributed by atoms with Gasteiger partial charge in [-0.1, -0.05) is 78.9 Å². The van der Waals surface area contributed by atoms with Gasteiger partial charge in [-0.05, 0) is 79.7 Å². The summed E-state index contributed by atoms with van der Waals surface area (Å²) in [4.78, 5) is 0. The Morgan fingerprint density at radius 1 is 0.255 bits per heavy atom. The van der Waals surface area contributed by atoms with Gasteiger partial charge in [-0.15, -0.1) is 0 Å². The molecule has 9 rings (SSSR count). The van der Waals surface area contributed by atoms with Crippen molar-refractivity contribution < 1.29 is 55.5 Å². The van der Waals surface area contributed by atoms with Crippen LogP contribution in [0, 0.1) is 0 Å². The van der Waals surface area contributed by atoms with Crippen LogP contribution in [0.4, 0.5) is 0 Å². The van der Waals surface area contributed by atoms with Crippen LogP contribution in [0.1, 0.15) is 0 Å². The van der Waals surface area contributed by atoms with Crippen LogP contribution < -0.4 is 0 Å². The molecule has 11 nitrogen and oxygen atoms in total. The van der Waals surface area contributed by atoms with Crippen molar-refractivity contribution in [3.8, 4) is 102 Å². The molecule has 1 heterocycles. The first-order chi connectivity index (χ1) is 26.5. The molecular weight excluding hydrogens is 704 g/mol. The van der Waals surface area contributed by atoms with Crippen LogP contribution in [0.15, 0.2) is 114 Å². The Labute approximate surface area is 309 Å². The van der Waals surface area contributed by atoms with Gasteiger partial charge in [0, 0.05) is 16.3 Å². The quantitative estimate of drug-likeness (QED) is 0.0467. The molecule has 10 N–H and O–H groups in total. The molecule has 11 heteroatoms. The van der Waals surface area contributed by atoms with Crippen molar-refractivity contribution in [3.05, 3.63) is 109 Å². The number of aromatic hydroxyl groups is 10. The minimum atomic E-state index is -1.12. The monoisotopic (exact) mass is 732 g/mol. The highest BCUT2D eigenvalue weighted by Crippen LogP contribution is 2.59. The van der Waals surface area contributed by atoms with E-state index in [2.05, 4.69) is 0 Å². The molecule has 0 spiro atoms. The van der Waals surface area contributed by atoms with E-state index in [4.69, 9.17) is 4.42 Å². The summed E-state index contributed by atoms with van der Waals surface area (Å²) >= 11 is 0. The fourth-order valence-corrected chi connectivity index (χ4v) is 7.56. The van der Waals surface area contributed by atoms with E-state index in [1.807, 2.05) is 66.7 Å². The third-order valence-electron chi connectivity index (χ3n) is 10.2. The molecule has 0 unspecified atom stereocenters. The molecule has 9 aromatic rings. The van der Waals surface area contributed by atoms with Gasteiger partial charge in [-0.25, -0.2) is 0 Å². The maximum Gasteiger partial charge on any atom is 0.208 e. The normalized spacial score (nSPS) is 11.6. The predicted octanol–water partition coefficient (Wildman–Crippen LogP) is 9.62. The number of rotatable bonds is 4. The van der Waals surface area contributed by atoms with Gasteiger partial charge < -0.3 is 55.5 Å². The topological polar surface area (TPSA) is 215 Å². The van der Waals surface area contributed by atoms with Crippen molar-refractivity contribution in [2.75, 3.05) is 0 Å². The molecule has 0 bridgehead atoms. The van der Waals surface area contributed by atoms with Crippen LogP contribution in [0.2, 0.25) is 0 Å². The van der Waals surface area contributed by atoms with E-state index < -0.39 is 68.6 Å². The molecule has 0 atom stereocenters. The van der Waals surface area contributed by atoms with E-state index in [0.29, 0.717) is 32.7 Å². The van der Waals surface area contributed by atoms with Crippen molar-refractivity contribution in [3.63, 3.8) is 0 Å². The van der Waals surface area contributed by atoms with E-state index in [9.17, 15) is 51.1 Å². The summed E-state index contributed by atoms with van der Waals surface area (Å²) in [5.74, 6) is -10.2. The molecule has 0 aliphatic heterocycles. The summed E-state index contributed by atoms with van der Waals surface area (Å²) < 4.78 is 6.04. The van der Waals surface area contributed by atoms with E-state index in [0.717, 1.165) is 33.1 Å². The number of benzene rings is 8. The molecule has 55 heavy (non-hydrogen) atoms. The number of hydrogen-bond donors (Lipinski definition) is 10.